The molecule has 18 rings (SSSR count). The molecule has 2 heterocycles. The quantitative estimate of drug-likeness (QED) is 0.0105. The lowest BCUT2D eigenvalue weighted by Crippen LogP contribution is -2.41. The third-order valence-corrected chi connectivity index (χ3v) is 26.0. The second-order valence-corrected chi connectivity index (χ2v) is 35.1. The molecule has 0 radical (unpaired) electrons. The first-order valence-electron chi connectivity index (χ1n) is 44.9. The second-order valence-electron chi connectivity index (χ2n) is 35.1. The fourth-order valence-corrected chi connectivity index (χ4v) is 17.3. The first kappa shape index (κ1) is 98.3. The van der Waals surface area contributed by atoms with Crippen LogP contribution in [0.3, 0.4) is 0 Å². The zero-order valence-electron chi connectivity index (χ0n) is 76.9. The van der Waals surface area contributed by atoms with Gasteiger partial charge in [0, 0.05) is 22.3 Å². The Morgan fingerprint density at radius 1 is 0.272 bits per heavy atom. The highest BCUT2D eigenvalue weighted by atomic mass is 19.4. The monoisotopic (exact) mass is 1990 g/mol. The summed E-state index contributed by atoms with van der Waals surface area (Å²) in [6.45, 7) is 2.16. The van der Waals surface area contributed by atoms with E-state index in [1.54, 1.807) is 12.1 Å². The number of imide groups is 2. The van der Waals surface area contributed by atoms with Crippen molar-refractivity contribution in [2.45, 2.75) is 68.8 Å². The largest absolute Gasteiger partial charge is 0.506 e. The number of amides is 8. The van der Waals surface area contributed by atoms with Crippen LogP contribution in [0.4, 0.5) is 73.6 Å². The molecule has 0 bridgehead atoms. The Bertz CT molecular complexity index is 8120. The number of nitrogens with one attached hydrogen (secondary N) is 4. The summed E-state index contributed by atoms with van der Waals surface area (Å²) in [5.74, 6) is -12.0. The Hall–Kier alpha value is -18.9. The molecule has 3 unspecified atom stereocenters. The summed E-state index contributed by atoms with van der Waals surface area (Å²) < 4.78 is 165. The smallest absolute Gasteiger partial charge is 0.402 e. The van der Waals surface area contributed by atoms with Gasteiger partial charge in [-0.25, -0.2) is 19.4 Å². The summed E-state index contributed by atoms with van der Waals surface area (Å²) in [6.07, 6.45) is -15.4. The third kappa shape index (κ3) is 19.1. The van der Waals surface area contributed by atoms with Gasteiger partial charge in [0.25, 0.3) is 47.3 Å². The summed E-state index contributed by atoms with van der Waals surface area (Å²) >= 11 is 0. The van der Waals surface area contributed by atoms with Crippen molar-refractivity contribution in [2.24, 2.45) is 0 Å². The van der Waals surface area contributed by atoms with Gasteiger partial charge in [0.05, 0.1) is 67.5 Å². The van der Waals surface area contributed by atoms with E-state index < -0.39 is 185 Å². The van der Waals surface area contributed by atoms with Crippen molar-refractivity contribution < 1.29 is 132 Å². The first-order chi connectivity index (χ1) is 70.0. The standard InChI is InChI=1S/C113H77F9N6O19/c1-108(111(114,115)116,73-13-8-14-79(53-73)127-102(138)84-42-27-71(51-86(84)104(127)140)106(142)144-59-61-15-17-63-9-4-6-11-69(63)49-61)74-29-44-93(129)88(54-74)123-98(134)65-19-34-80(35-20-65)146-81-36-21-66(22-37-81)99(135)124-89-55-75(30-45-94(89)130)109(2,112(117,118)119)76-31-46-95(131)90(56-76)125-100(136)67-23-38-82(39-24-67)147-83-40-25-68(26-41-83)101(137)126-91-57-77(32-47-96(91)132)110(3,113(120,121)122)78-33-48-97(133)92(58-78)128-103(139)85-43-28-72(52-87(85)105(128)141)107(143)145-60-62-16-18-64-10-5-7-12-70(64)50-62/h4-58,129-133H,59-60H2,1-3H3,(H,123,134)(H,124,135)(H,125,136)(H,126,137). The molecule has 3 atom stereocenters. The van der Waals surface area contributed by atoms with Crippen LogP contribution in [0.15, 0.2) is 334 Å². The van der Waals surface area contributed by atoms with Gasteiger partial charge in [0.2, 0.25) is 0 Å². The third-order valence-electron chi connectivity index (χ3n) is 26.0. The highest BCUT2D eigenvalue weighted by Gasteiger charge is 2.57. The topological polar surface area (TPSA) is 363 Å². The normalized spacial score (nSPS) is 13.7. The van der Waals surface area contributed by atoms with Crippen LogP contribution < -0.4 is 40.5 Å². The number of carbonyl (C=O) groups is 10. The minimum absolute atomic E-state index is 0.0548. The SMILES string of the molecule is CC(c1cccc(N2C(=O)c3ccc(C(=O)OCc4ccc5ccccc5c4)cc3C2=O)c1)(c1ccc(O)c(NC(=O)c2ccc(Oc3ccc(C(=O)Nc4cc(C(C)(c5ccc(O)c(NC(=O)c6ccc(Oc7ccc(C(=O)Nc8cc(C(C)(c9ccc(O)c(N%10C(=O)c%11ccc(C(=O)OCc%12ccc%13ccccc%13c%12)cc%11C%10=O)c9)C(F)(F)F)ccc8O)cc7)cc6)c5)C(F)(F)F)ccc4O)cc3)cc2)c1)C(F)(F)F. The lowest BCUT2D eigenvalue weighted by atomic mass is 9.75. The first-order valence-corrected chi connectivity index (χ1v) is 44.9. The summed E-state index contributed by atoms with van der Waals surface area (Å²) in [5, 5.41) is 68.5. The number of benzene rings is 16. The summed E-state index contributed by atoms with van der Waals surface area (Å²) in [7, 11) is 0. The number of carbonyl (C=O) groups excluding carboxylic acids is 10. The van der Waals surface area contributed by atoms with Gasteiger partial charge in [-0.15, -0.1) is 0 Å². The van der Waals surface area contributed by atoms with Crippen LogP contribution in [0.25, 0.3) is 21.5 Å². The Balaban J connectivity index is 0.476. The van der Waals surface area contributed by atoms with Gasteiger partial charge in [-0.2, -0.15) is 39.5 Å². The number of hydrogen-bond acceptors (Lipinski definition) is 19. The number of halogens is 9. The number of nitrogens with zero attached hydrogens (tertiary/aromatic N) is 2. The molecule has 2 aliphatic heterocycles. The lowest BCUT2D eigenvalue weighted by Gasteiger charge is -2.34. The van der Waals surface area contributed by atoms with E-state index in [1.807, 2.05) is 72.8 Å². The minimum Gasteiger partial charge on any atom is -0.506 e. The van der Waals surface area contributed by atoms with Crippen molar-refractivity contribution in [1.29, 1.82) is 0 Å². The average molecular weight is 1990 g/mol. The number of esters is 2. The summed E-state index contributed by atoms with van der Waals surface area (Å²) in [6, 6.07) is 72.8. The Kier molecular flexibility index (Phi) is 25.8. The maximum atomic E-state index is 15.8. The van der Waals surface area contributed by atoms with Crippen molar-refractivity contribution in [3.8, 4) is 51.7 Å². The second kappa shape index (κ2) is 38.5. The number of hydrogen-bond donors (Lipinski definition) is 9. The molecule has 9 N–H and O–H groups in total. The molecule has 0 spiro atoms. The molecule has 0 saturated heterocycles. The van der Waals surface area contributed by atoms with E-state index in [1.165, 1.54) is 140 Å². The van der Waals surface area contributed by atoms with Crippen LogP contribution in [0.2, 0.25) is 0 Å². The number of phenols is 5. The van der Waals surface area contributed by atoms with Gasteiger partial charge < -0.3 is 65.7 Å². The van der Waals surface area contributed by atoms with Gasteiger partial charge in [0.15, 0.2) is 0 Å². The summed E-state index contributed by atoms with van der Waals surface area (Å²) in [4.78, 5) is 139. The number of rotatable bonds is 26. The van der Waals surface area contributed by atoms with E-state index in [4.69, 9.17) is 18.9 Å². The molecule has 34 heteroatoms. The van der Waals surface area contributed by atoms with Crippen molar-refractivity contribution in [3.63, 3.8) is 0 Å². The molecule has 0 saturated carbocycles. The molecule has 0 aliphatic carbocycles. The van der Waals surface area contributed by atoms with Gasteiger partial charge in [-0.3, -0.25) is 38.4 Å². The number of ether oxygens (including phenoxy) is 4. The van der Waals surface area contributed by atoms with Crippen LogP contribution in [0, 0.1) is 0 Å². The fraction of sp³-hybridized carbons (Fsp3) is 0.0973. The highest BCUT2D eigenvalue weighted by Crippen LogP contribution is 2.54. The molecule has 2 aliphatic rings. The van der Waals surface area contributed by atoms with Crippen molar-refractivity contribution in [3.05, 3.63) is 434 Å². The molecule has 16 aromatic carbocycles. The molecule has 25 nitrogen and oxygen atoms in total. The molecule has 147 heavy (non-hydrogen) atoms. The van der Waals surface area contributed by atoms with E-state index >= 15 is 39.5 Å². The van der Waals surface area contributed by atoms with Gasteiger partial charge in [-0.05, 0) is 305 Å². The van der Waals surface area contributed by atoms with Gasteiger partial charge in [-0.1, -0.05) is 115 Å². The van der Waals surface area contributed by atoms with E-state index in [0.29, 0.717) is 20.9 Å². The van der Waals surface area contributed by atoms with Crippen LogP contribution in [-0.4, -0.2) is 103 Å². The number of aromatic hydroxyl groups is 5. The summed E-state index contributed by atoms with van der Waals surface area (Å²) in [5.41, 5.74) is -14.7. The van der Waals surface area contributed by atoms with E-state index in [0.717, 1.165) is 152 Å². The molecular weight excluding hydrogens is 1920 g/mol. The molecular formula is C113H77F9N6O19. The Labute approximate surface area is 827 Å². The molecule has 736 valence electrons. The van der Waals surface area contributed by atoms with Crippen molar-refractivity contribution >= 4 is 115 Å². The highest BCUT2D eigenvalue weighted by molar-refractivity contribution is 6.36. The Morgan fingerprint density at radius 2 is 0.558 bits per heavy atom. The maximum absolute atomic E-state index is 15.8. The number of alkyl halides is 9. The van der Waals surface area contributed by atoms with Crippen LogP contribution in [-0.2, 0) is 38.9 Å². The zero-order chi connectivity index (χ0) is 104. The fourth-order valence-electron chi connectivity index (χ4n) is 17.3. The minimum atomic E-state index is -5.19. The van der Waals surface area contributed by atoms with Crippen molar-refractivity contribution in [2.75, 3.05) is 31.1 Å². The predicted octanol–water partition coefficient (Wildman–Crippen LogP) is 24.0. The number of anilines is 6. The molecule has 16 aromatic rings. The maximum Gasteiger partial charge on any atom is 0.402 e. The van der Waals surface area contributed by atoms with E-state index in [-0.39, 0.29) is 97.5 Å². The number of fused-ring (bicyclic) bond motifs is 4. The lowest BCUT2D eigenvalue weighted by molar-refractivity contribution is -0.173. The molecule has 0 fully saturated rings. The number of phenolic OH excluding ortho intramolecular Hbond substituents is 5. The molecule has 8 amide bonds. The molecule has 0 aromatic heterocycles. The van der Waals surface area contributed by atoms with Crippen LogP contribution in [0.1, 0.15) is 169 Å². The van der Waals surface area contributed by atoms with Crippen LogP contribution in [0.5, 0.6) is 51.7 Å². The van der Waals surface area contributed by atoms with Gasteiger partial charge in [0.1, 0.15) is 81.2 Å². The Morgan fingerprint density at radius 3 is 0.891 bits per heavy atom. The van der Waals surface area contributed by atoms with E-state index in [2.05, 4.69) is 21.3 Å². The van der Waals surface area contributed by atoms with Crippen LogP contribution >= 0.6 is 0 Å². The average Bonchev–Trinajstić information content (AvgIpc) is 0.928. The zero-order valence-corrected chi connectivity index (χ0v) is 76.9. The predicted molar refractivity (Wildman–Crippen MR) is 524 cm³/mol. The van der Waals surface area contributed by atoms with E-state index in [9.17, 15) is 73.5 Å². The van der Waals surface area contributed by atoms with Gasteiger partial charge >= 0.3 is 30.5 Å². The van der Waals surface area contributed by atoms with Crippen molar-refractivity contribution in [1.82, 2.24) is 0 Å².